The number of piperidine rings is 1. The van der Waals surface area contributed by atoms with Crippen molar-refractivity contribution >= 4 is 11.6 Å². The Labute approximate surface area is 99.6 Å². The van der Waals surface area contributed by atoms with Crippen LogP contribution in [0.1, 0.15) is 32.1 Å². The van der Waals surface area contributed by atoms with E-state index in [2.05, 4.69) is 23.9 Å². The van der Waals surface area contributed by atoms with Crippen molar-refractivity contribution in [3.63, 3.8) is 0 Å². The summed E-state index contributed by atoms with van der Waals surface area (Å²) in [6.45, 7) is 3.84. The van der Waals surface area contributed by atoms with Gasteiger partial charge in [-0.2, -0.15) is 0 Å². The minimum atomic E-state index is 0.809. The molecule has 1 saturated heterocycles. The van der Waals surface area contributed by atoms with E-state index in [0.29, 0.717) is 0 Å². The van der Waals surface area contributed by atoms with Crippen molar-refractivity contribution in [3.8, 4) is 0 Å². The number of alkyl halides is 1. The molecule has 0 saturated carbocycles. The molecule has 90 valence electrons. The summed E-state index contributed by atoms with van der Waals surface area (Å²) in [5.41, 5.74) is 0. The first-order valence-corrected chi connectivity index (χ1v) is 6.72. The lowest BCUT2D eigenvalue weighted by Crippen LogP contribution is -2.42. The topological polar surface area (TPSA) is 6.48 Å². The van der Waals surface area contributed by atoms with Gasteiger partial charge in [0, 0.05) is 11.9 Å². The summed E-state index contributed by atoms with van der Waals surface area (Å²) in [4.78, 5) is 4.97. The maximum absolute atomic E-state index is 5.66. The molecule has 1 aliphatic heterocycles. The van der Waals surface area contributed by atoms with Crippen molar-refractivity contribution in [2.24, 2.45) is 0 Å². The molecule has 1 rings (SSSR count). The first-order chi connectivity index (χ1) is 7.24. The van der Waals surface area contributed by atoms with Crippen LogP contribution < -0.4 is 0 Å². The number of halogens is 1. The van der Waals surface area contributed by atoms with Gasteiger partial charge >= 0.3 is 0 Å². The van der Waals surface area contributed by atoms with Crippen molar-refractivity contribution in [1.29, 1.82) is 0 Å². The highest BCUT2D eigenvalue weighted by atomic mass is 35.5. The van der Waals surface area contributed by atoms with Gasteiger partial charge in [-0.25, -0.2) is 0 Å². The summed E-state index contributed by atoms with van der Waals surface area (Å²) in [5, 5.41) is 0. The SMILES string of the molecule is CN(C)C1CCN(CCCCCCl)CC1. The van der Waals surface area contributed by atoms with Crippen LogP contribution in [0, 0.1) is 0 Å². The molecular weight excluding hydrogens is 208 g/mol. The Bertz CT molecular complexity index is 154. The highest BCUT2D eigenvalue weighted by molar-refractivity contribution is 6.17. The molecule has 15 heavy (non-hydrogen) atoms. The van der Waals surface area contributed by atoms with E-state index in [4.69, 9.17) is 11.6 Å². The number of hydrogen-bond donors (Lipinski definition) is 0. The van der Waals surface area contributed by atoms with Gasteiger partial charge in [-0.1, -0.05) is 6.42 Å². The third-order valence-corrected chi connectivity index (χ3v) is 3.66. The number of nitrogens with zero attached hydrogens (tertiary/aromatic N) is 2. The second-order valence-corrected chi connectivity index (χ2v) is 5.16. The van der Waals surface area contributed by atoms with Crippen molar-refractivity contribution in [2.45, 2.75) is 38.1 Å². The van der Waals surface area contributed by atoms with E-state index in [1.165, 1.54) is 51.7 Å². The number of hydrogen-bond acceptors (Lipinski definition) is 2. The van der Waals surface area contributed by atoms with Gasteiger partial charge in [0.15, 0.2) is 0 Å². The van der Waals surface area contributed by atoms with Crippen LogP contribution in [0.4, 0.5) is 0 Å². The highest BCUT2D eigenvalue weighted by Gasteiger charge is 2.19. The zero-order valence-corrected chi connectivity index (χ0v) is 11.0. The molecule has 0 atom stereocenters. The van der Waals surface area contributed by atoms with Gasteiger partial charge in [0.05, 0.1) is 0 Å². The highest BCUT2D eigenvalue weighted by Crippen LogP contribution is 2.14. The normalized spacial score (nSPS) is 20.0. The summed E-state index contributed by atoms with van der Waals surface area (Å²) < 4.78 is 0. The Morgan fingerprint density at radius 3 is 2.33 bits per heavy atom. The molecule has 1 heterocycles. The largest absolute Gasteiger partial charge is 0.306 e. The third-order valence-electron chi connectivity index (χ3n) is 3.40. The average Bonchev–Trinajstić information content (AvgIpc) is 2.25. The minimum absolute atomic E-state index is 0.809. The predicted octanol–water partition coefficient (Wildman–Crippen LogP) is 2.42. The smallest absolute Gasteiger partial charge is 0.0223 e. The van der Waals surface area contributed by atoms with Gasteiger partial charge in [0.2, 0.25) is 0 Å². The lowest BCUT2D eigenvalue weighted by atomic mass is 10.0. The molecule has 1 aliphatic rings. The third kappa shape index (κ3) is 5.19. The molecule has 0 aromatic rings. The lowest BCUT2D eigenvalue weighted by molar-refractivity contribution is 0.143. The monoisotopic (exact) mass is 232 g/mol. The zero-order chi connectivity index (χ0) is 11.1. The summed E-state index contributed by atoms with van der Waals surface area (Å²) >= 11 is 5.66. The van der Waals surface area contributed by atoms with Gasteiger partial charge in [-0.3, -0.25) is 0 Å². The van der Waals surface area contributed by atoms with Gasteiger partial charge < -0.3 is 9.80 Å². The Hall–Kier alpha value is 0.210. The van der Waals surface area contributed by atoms with E-state index in [9.17, 15) is 0 Å². The van der Waals surface area contributed by atoms with Crippen LogP contribution in [-0.4, -0.2) is 55.5 Å². The van der Waals surface area contributed by atoms with Crippen molar-refractivity contribution in [2.75, 3.05) is 39.6 Å². The molecule has 0 N–H and O–H groups in total. The first kappa shape index (κ1) is 13.3. The fraction of sp³-hybridized carbons (Fsp3) is 1.00. The van der Waals surface area contributed by atoms with E-state index >= 15 is 0 Å². The molecule has 0 bridgehead atoms. The van der Waals surface area contributed by atoms with Crippen molar-refractivity contribution in [3.05, 3.63) is 0 Å². The van der Waals surface area contributed by atoms with E-state index in [0.717, 1.165) is 11.9 Å². The molecule has 0 aliphatic carbocycles. The Kier molecular flexibility index (Phi) is 6.62. The molecule has 0 aromatic heterocycles. The quantitative estimate of drug-likeness (QED) is 0.513. The molecule has 3 heteroatoms. The Morgan fingerprint density at radius 2 is 1.80 bits per heavy atom. The molecule has 2 nitrogen and oxygen atoms in total. The van der Waals surface area contributed by atoms with E-state index in [1.807, 2.05) is 0 Å². The zero-order valence-electron chi connectivity index (χ0n) is 10.2. The summed E-state index contributed by atoms with van der Waals surface area (Å²) in [6, 6.07) is 0.809. The lowest BCUT2D eigenvalue weighted by Gasteiger charge is -2.35. The Balaban J connectivity index is 2.04. The maximum atomic E-state index is 5.66. The number of likely N-dealkylation sites (tertiary alicyclic amines) is 1. The van der Waals surface area contributed by atoms with Crippen LogP contribution in [0.25, 0.3) is 0 Å². The van der Waals surface area contributed by atoms with Crippen LogP contribution >= 0.6 is 11.6 Å². The molecule has 0 aromatic carbocycles. The number of unbranched alkanes of at least 4 members (excludes halogenated alkanes) is 2. The van der Waals surface area contributed by atoms with Crippen LogP contribution in [0.3, 0.4) is 0 Å². The van der Waals surface area contributed by atoms with Gasteiger partial charge in [0.25, 0.3) is 0 Å². The molecule has 0 amide bonds. The van der Waals surface area contributed by atoms with Crippen LogP contribution in [0.5, 0.6) is 0 Å². The molecule has 1 fully saturated rings. The van der Waals surface area contributed by atoms with Gasteiger partial charge in [0.1, 0.15) is 0 Å². The molecule has 0 unspecified atom stereocenters. The summed E-state index contributed by atoms with van der Waals surface area (Å²) in [5.74, 6) is 0.822. The van der Waals surface area contributed by atoms with E-state index in [-0.39, 0.29) is 0 Å². The second-order valence-electron chi connectivity index (χ2n) is 4.79. The van der Waals surface area contributed by atoms with Gasteiger partial charge in [-0.15, -0.1) is 11.6 Å². The fourth-order valence-corrected chi connectivity index (χ4v) is 2.45. The standard InChI is InChI=1S/C12H25ClN2/c1-14(2)12-6-10-15(11-7-12)9-5-3-4-8-13/h12H,3-11H2,1-2H3. The molecule has 0 radical (unpaired) electrons. The summed E-state index contributed by atoms with van der Waals surface area (Å²) in [6.07, 6.45) is 6.46. The van der Waals surface area contributed by atoms with E-state index < -0.39 is 0 Å². The fourth-order valence-electron chi connectivity index (χ4n) is 2.27. The average molecular weight is 233 g/mol. The maximum Gasteiger partial charge on any atom is 0.0223 e. The first-order valence-electron chi connectivity index (χ1n) is 6.19. The number of rotatable bonds is 6. The second kappa shape index (κ2) is 7.48. The van der Waals surface area contributed by atoms with Crippen molar-refractivity contribution in [1.82, 2.24) is 9.80 Å². The van der Waals surface area contributed by atoms with E-state index in [1.54, 1.807) is 0 Å². The predicted molar refractivity (Wildman–Crippen MR) is 67.7 cm³/mol. The van der Waals surface area contributed by atoms with Crippen LogP contribution in [0.2, 0.25) is 0 Å². The van der Waals surface area contributed by atoms with Crippen LogP contribution in [0.15, 0.2) is 0 Å². The summed E-state index contributed by atoms with van der Waals surface area (Å²) in [7, 11) is 4.39. The van der Waals surface area contributed by atoms with Crippen LogP contribution in [-0.2, 0) is 0 Å². The van der Waals surface area contributed by atoms with Gasteiger partial charge in [-0.05, 0) is 59.4 Å². The molecule has 0 spiro atoms. The minimum Gasteiger partial charge on any atom is -0.306 e. The Morgan fingerprint density at radius 1 is 1.13 bits per heavy atom. The molecular formula is C12H25ClN2. The van der Waals surface area contributed by atoms with Crippen molar-refractivity contribution < 1.29 is 0 Å².